The number of methoxy groups -OCH3 is 1. The number of aliphatic hydroxyl groups is 1. The van der Waals surface area contributed by atoms with Gasteiger partial charge in [0, 0.05) is 8.95 Å². The minimum absolute atomic E-state index is 0.389. The molecule has 0 saturated heterocycles. The molecule has 146 valence electrons. The molecule has 5 heteroatoms. The average Bonchev–Trinajstić information content (AvgIpc) is 2.72. The minimum atomic E-state index is -1.28. The summed E-state index contributed by atoms with van der Waals surface area (Å²) in [6.45, 7) is 2.29. The molecule has 0 bridgehead atoms. The molecule has 0 fully saturated rings. The zero-order valence-corrected chi connectivity index (χ0v) is 18.9. The van der Waals surface area contributed by atoms with Gasteiger partial charge in [-0.25, -0.2) is 0 Å². The number of hydrogen-bond donors (Lipinski definition) is 1. The van der Waals surface area contributed by atoms with Crippen molar-refractivity contribution in [3.05, 3.63) is 98.4 Å². The van der Waals surface area contributed by atoms with Crippen LogP contribution in [-0.4, -0.2) is 18.3 Å². The third kappa shape index (κ3) is 4.66. The lowest BCUT2D eigenvalue weighted by Gasteiger charge is -2.35. The Balaban J connectivity index is 1.88. The van der Waals surface area contributed by atoms with Crippen LogP contribution in [0.1, 0.15) is 23.6 Å². The Labute approximate surface area is 182 Å². The van der Waals surface area contributed by atoms with Gasteiger partial charge in [-0.3, -0.25) is 0 Å². The third-order valence-corrected chi connectivity index (χ3v) is 5.87. The van der Waals surface area contributed by atoms with E-state index in [4.69, 9.17) is 9.47 Å². The predicted octanol–water partition coefficient (Wildman–Crippen LogP) is 6.06. The van der Waals surface area contributed by atoms with E-state index in [0.29, 0.717) is 6.61 Å². The maximum Gasteiger partial charge on any atom is 0.140 e. The Morgan fingerprint density at radius 3 is 1.71 bits per heavy atom. The number of benzene rings is 3. The third-order valence-electron chi connectivity index (χ3n) is 4.82. The molecule has 0 aliphatic carbocycles. The second-order valence-electron chi connectivity index (χ2n) is 6.58. The highest BCUT2D eigenvalue weighted by Gasteiger charge is 2.38. The van der Waals surface area contributed by atoms with Gasteiger partial charge in [-0.15, -0.1) is 0 Å². The maximum atomic E-state index is 11.8. The van der Waals surface area contributed by atoms with E-state index in [-0.39, 0.29) is 0 Å². The molecule has 1 N–H and O–H groups in total. The van der Waals surface area contributed by atoms with Crippen LogP contribution in [-0.2, 0) is 16.9 Å². The second-order valence-corrected chi connectivity index (χ2v) is 8.41. The molecule has 0 aliphatic rings. The predicted molar refractivity (Wildman–Crippen MR) is 119 cm³/mol. The molecule has 0 radical (unpaired) electrons. The van der Waals surface area contributed by atoms with E-state index in [1.54, 1.807) is 7.11 Å². The van der Waals surface area contributed by atoms with Crippen molar-refractivity contribution in [2.75, 3.05) is 7.11 Å². The number of halogens is 2. The number of ether oxygens (including phenoxy) is 2. The largest absolute Gasteiger partial charge is 0.497 e. The first kappa shape index (κ1) is 21.1. The lowest BCUT2D eigenvalue weighted by atomic mass is 9.82. The summed E-state index contributed by atoms with van der Waals surface area (Å²) in [5.41, 5.74) is 1.29. The van der Waals surface area contributed by atoms with Crippen molar-refractivity contribution >= 4 is 31.9 Å². The summed E-state index contributed by atoms with van der Waals surface area (Å²) in [4.78, 5) is 0. The average molecular weight is 506 g/mol. The van der Waals surface area contributed by atoms with Crippen molar-refractivity contribution in [1.29, 1.82) is 0 Å². The molecule has 1 unspecified atom stereocenters. The van der Waals surface area contributed by atoms with E-state index in [2.05, 4.69) is 31.9 Å². The summed E-state index contributed by atoms with van der Waals surface area (Å²) < 4.78 is 13.2. The Morgan fingerprint density at radius 1 is 0.821 bits per heavy atom. The highest BCUT2D eigenvalue weighted by molar-refractivity contribution is 9.10. The van der Waals surface area contributed by atoms with Gasteiger partial charge >= 0.3 is 0 Å². The van der Waals surface area contributed by atoms with E-state index in [9.17, 15) is 5.11 Å². The van der Waals surface area contributed by atoms with Crippen molar-refractivity contribution in [3.63, 3.8) is 0 Å². The van der Waals surface area contributed by atoms with Crippen molar-refractivity contribution < 1.29 is 14.6 Å². The van der Waals surface area contributed by atoms with Gasteiger partial charge in [-0.1, -0.05) is 68.3 Å². The standard InChI is InChI=1S/C23H22Br2O3/c1-16(28-15-17-3-13-22(27-2)14-4-17)23(26,18-5-9-20(24)10-6-18)19-7-11-21(25)12-8-19/h3-14,16,26H,15H2,1-2H3. The second kappa shape index (κ2) is 9.23. The van der Waals surface area contributed by atoms with Crippen LogP contribution in [0.15, 0.2) is 81.7 Å². The SMILES string of the molecule is COc1ccc(COC(C)C(O)(c2ccc(Br)cc2)c2ccc(Br)cc2)cc1. The van der Waals surface area contributed by atoms with Gasteiger partial charge in [0.05, 0.1) is 19.8 Å². The lowest BCUT2D eigenvalue weighted by molar-refractivity contribution is -0.0872. The van der Waals surface area contributed by atoms with Crippen LogP contribution in [0.3, 0.4) is 0 Å². The van der Waals surface area contributed by atoms with Crippen LogP contribution in [0.25, 0.3) is 0 Å². The Hall–Kier alpha value is -1.66. The first-order chi connectivity index (χ1) is 13.4. The first-order valence-corrected chi connectivity index (χ1v) is 10.5. The van der Waals surface area contributed by atoms with Gasteiger partial charge in [0.15, 0.2) is 0 Å². The molecule has 0 heterocycles. The van der Waals surface area contributed by atoms with Crippen LogP contribution in [0.4, 0.5) is 0 Å². The van der Waals surface area contributed by atoms with E-state index in [1.807, 2.05) is 79.7 Å². The topological polar surface area (TPSA) is 38.7 Å². The maximum absolute atomic E-state index is 11.8. The van der Waals surface area contributed by atoms with E-state index in [0.717, 1.165) is 31.4 Å². The lowest BCUT2D eigenvalue weighted by Crippen LogP contribution is -2.40. The van der Waals surface area contributed by atoms with Crippen LogP contribution in [0, 0.1) is 0 Å². The van der Waals surface area contributed by atoms with Crippen molar-refractivity contribution in [2.45, 2.75) is 25.2 Å². The summed E-state index contributed by atoms with van der Waals surface area (Å²) in [6.07, 6.45) is -0.475. The molecule has 3 aromatic carbocycles. The molecule has 3 rings (SSSR count). The zero-order chi connectivity index (χ0) is 20.1. The van der Waals surface area contributed by atoms with Crippen molar-refractivity contribution in [2.24, 2.45) is 0 Å². The fourth-order valence-corrected chi connectivity index (χ4v) is 3.64. The number of rotatable bonds is 7. The normalized spacial score (nSPS) is 12.6. The molecular formula is C23H22Br2O3. The van der Waals surface area contributed by atoms with Gasteiger partial charge in [0.25, 0.3) is 0 Å². The Morgan fingerprint density at radius 2 is 1.29 bits per heavy atom. The highest BCUT2D eigenvalue weighted by Crippen LogP contribution is 2.36. The minimum Gasteiger partial charge on any atom is -0.497 e. The van der Waals surface area contributed by atoms with Crippen molar-refractivity contribution in [3.8, 4) is 5.75 Å². The Bertz CT molecular complexity index is 845. The molecular weight excluding hydrogens is 484 g/mol. The zero-order valence-electron chi connectivity index (χ0n) is 15.7. The van der Waals surface area contributed by atoms with Gasteiger partial charge in [-0.05, 0) is 60.0 Å². The van der Waals surface area contributed by atoms with Crippen LogP contribution >= 0.6 is 31.9 Å². The number of hydrogen-bond acceptors (Lipinski definition) is 3. The smallest absolute Gasteiger partial charge is 0.140 e. The van der Waals surface area contributed by atoms with Gasteiger partial charge in [-0.2, -0.15) is 0 Å². The molecule has 3 aromatic rings. The highest BCUT2D eigenvalue weighted by atomic mass is 79.9. The monoisotopic (exact) mass is 504 g/mol. The molecule has 0 amide bonds. The van der Waals surface area contributed by atoms with Gasteiger partial charge in [0.1, 0.15) is 11.4 Å². The fourth-order valence-electron chi connectivity index (χ4n) is 3.11. The fraction of sp³-hybridized carbons (Fsp3) is 0.217. The molecule has 3 nitrogen and oxygen atoms in total. The van der Waals surface area contributed by atoms with E-state index in [1.165, 1.54) is 0 Å². The van der Waals surface area contributed by atoms with E-state index < -0.39 is 11.7 Å². The first-order valence-electron chi connectivity index (χ1n) is 8.92. The molecule has 1 atom stereocenters. The summed E-state index contributed by atoms with van der Waals surface area (Å²) >= 11 is 6.92. The molecule has 0 aromatic heterocycles. The van der Waals surface area contributed by atoms with Crippen LogP contribution in [0.2, 0.25) is 0 Å². The molecule has 28 heavy (non-hydrogen) atoms. The summed E-state index contributed by atoms with van der Waals surface area (Å²) in [6, 6.07) is 23.1. The summed E-state index contributed by atoms with van der Waals surface area (Å²) in [7, 11) is 1.64. The molecule has 0 spiro atoms. The molecule has 0 saturated carbocycles. The van der Waals surface area contributed by atoms with Gasteiger partial charge < -0.3 is 14.6 Å². The summed E-state index contributed by atoms with van der Waals surface area (Å²) in [5.74, 6) is 0.804. The van der Waals surface area contributed by atoms with Crippen LogP contribution in [0.5, 0.6) is 5.75 Å². The summed E-state index contributed by atoms with van der Waals surface area (Å²) in [5, 5.41) is 11.8. The van der Waals surface area contributed by atoms with Crippen molar-refractivity contribution in [1.82, 2.24) is 0 Å². The quantitative estimate of drug-likeness (QED) is 0.424. The Kier molecular flexibility index (Phi) is 6.94. The van der Waals surface area contributed by atoms with Gasteiger partial charge in [0.2, 0.25) is 0 Å². The van der Waals surface area contributed by atoms with Crippen LogP contribution < -0.4 is 4.74 Å². The molecule has 0 aliphatic heterocycles. The van der Waals surface area contributed by atoms with E-state index >= 15 is 0 Å².